The predicted molar refractivity (Wildman–Crippen MR) is 80.6 cm³/mol. The number of hydrogen-bond acceptors (Lipinski definition) is 4. The van der Waals surface area contributed by atoms with Gasteiger partial charge in [0.05, 0.1) is 6.10 Å². The molecule has 0 spiro atoms. The first kappa shape index (κ1) is 17.7. The molecule has 1 aliphatic rings. The third-order valence-electron chi connectivity index (χ3n) is 3.57. The fourth-order valence-corrected chi connectivity index (χ4v) is 2.82. The SMILES string of the molecule is CC(C)CC(NC(N)=O)C(=O)N1CC(O)CC1CN(C)C. The van der Waals surface area contributed by atoms with Gasteiger partial charge < -0.3 is 26.0 Å². The third kappa shape index (κ3) is 5.51. The number of aliphatic hydroxyl groups is 1. The number of nitrogens with one attached hydrogen (secondary N) is 1. The zero-order valence-electron chi connectivity index (χ0n) is 13.4. The summed E-state index contributed by atoms with van der Waals surface area (Å²) in [5, 5.41) is 12.4. The zero-order chi connectivity index (χ0) is 16.2. The molecular weight excluding hydrogens is 272 g/mol. The quantitative estimate of drug-likeness (QED) is 0.621. The monoisotopic (exact) mass is 300 g/mol. The van der Waals surface area contributed by atoms with Crippen LogP contribution in [-0.2, 0) is 4.79 Å². The Balaban J connectivity index is 2.81. The molecule has 0 saturated carbocycles. The Morgan fingerprint density at radius 2 is 2.05 bits per heavy atom. The summed E-state index contributed by atoms with van der Waals surface area (Å²) in [6.45, 7) is 4.97. The van der Waals surface area contributed by atoms with Gasteiger partial charge in [-0.1, -0.05) is 13.8 Å². The number of urea groups is 1. The molecule has 122 valence electrons. The number of carbonyl (C=O) groups is 2. The molecular formula is C14H28N4O3. The molecule has 21 heavy (non-hydrogen) atoms. The van der Waals surface area contributed by atoms with Crippen molar-refractivity contribution in [3.63, 3.8) is 0 Å². The topological polar surface area (TPSA) is 98.9 Å². The lowest BCUT2D eigenvalue weighted by Gasteiger charge is -2.31. The molecule has 7 heteroatoms. The number of nitrogens with zero attached hydrogens (tertiary/aromatic N) is 2. The molecule has 1 saturated heterocycles. The maximum atomic E-state index is 12.7. The highest BCUT2D eigenvalue weighted by atomic mass is 16.3. The van der Waals surface area contributed by atoms with Crippen molar-refractivity contribution in [3.05, 3.63) is 0 Å². The molecule has 1 aliphatic heterocycles. The van der Waals surface area contributed by atoms with Gasteiger partial charge in [0.25, 0.3) is 0 Å². The Morgan fingerprint density at radius 1 is 1.43 bits per heavy atom. The van der Waals surface area contributed by atoms with E-state index in [1.165, 1.54) is 0 Å². The molecule has 0 aliphatic carbocycles. The Labute approximate surface area is 126 Å². The van der Waals surface area contributed by atoms with E-state index < -0.39 is 18.2 Å². The van der Waals surface area contributed by atoms with Crippen LogP contribution in [0.25, 0.3) is 0 Å². The summed E-state index contributed by atoms with van der Waals surface area (Å²) >= 11 is 0. The average molecular weight is 300 g/mol. The lowest BCUT2D eigenvalue weighted by atomic mass is 10.0. The molecule has 1 fully saturated rings. The normalized spacial score (nSPS) is 23.7. The van der Waals surface area contributed by atoms with Gasteiger partial charge in [0, 0.05) is 19.1 Å². The van der Waals surface area contributed by atoms with Crippen molar-refractivity contribution in [1.82, 2.24) is 15.1 Å². The number of aliphatic hydroxyl groups excluding tert-OH is 1. The van der Waals surface area contributed by atoms with Gasteiger partial charge in [0.15, 0.2) is 0 Å². The minimum atomic E-state index is -0.696. The highest BCUT2D eigenvalue weighted by Gasteiger charge is 2.37. The standard InChI is InChI=1S/C14H28N4O3/c1-9(2)5-12(16-14(15)21)13(20)18-8-11(19)6-10(18)7-17(3)4/h9-12,19H,5-8H2,1-4H3,(H3,15,16,21). The first-order valence-corrected chi connectivity index (χ1v) is 7.40. The number of hydrogen-bond donors (Lipinski definition) is 3. The van der Waals surface area contributed by atoms with E-state index >= 15 is 0 Å². The van der Waals surface area contributed by atoms with Gasteiger partial charge in [-0.25, -0.2) is 4.79 Å². The van der Waals surface area contributed by atoms with Crippen molar-refractivity contribution in [3.8, 4) is 0 Å². The van der Waals surface area contributed by atoms with E-state index in [0.29, 0.717) is 25.9 Å². The fourth-order valence-electron chi connectivity index (χ4n) is 2.82. The minimum absolute atomic E-state index is 0.0353. The number of nitrogens with two attached hydrogens (primary N) is 1. The van der Waals surface area contributed by atoms with E-state index in [1.54, 1.807) is 4.90 Å². The third-order valence-corrected chi connectivity index (χ3v) is 3.57. The Bertz CT molecular complexity index is 373. The minimum Gasteiger partial charge on any atom is -0.391 e. The van der Waals surface area contributed by atoms with Crippen molar-refractivity contribution in [2.24, 2.45) is 11.7 Å². The van der Waals surface area contributed by atoms with Gasteiger partial charge >= 0.3 is 6.03 Å². The number of β-amino-alcohol motifs (C(OH)–C–C–N with tert-alkyl or cyclic N) is 1. The molecule has 0 radical (unpaired) electrons. The molecule has 4 N–H and O–H groups in total. The highest BCUT2D eigenvalue weighted by molar-refractivity contribution is 5.87. The maximum Gasteiger partial charge on any atom is 0.312 e. The first-order valence-electron chi connectivity index (χ1n) is 7.40. The summed E-state index contributed by atoms with van der Waals surface area (Å²) in [7, 11) is 3.86. The Kier molecular flexibility index (Phi) is 6.42. The second kappa shape index (κ2) is 7.61. The van der Waals surface area contributed by atoms with Crippen LogP contribution >= 0.6 is 0 Å². The smallest absolute Gasteiger partial charge is 0.312 e. The molecule has 7 nitrogen and oxygen atoms in total. The molecule has 3 amide bonds. The number of likely N-dealkylation sites (tertiary alicyclic amines) is 1. The van der Waals surface area contributed by atoms with Gasteiger partial charge in [-0.2, -0.15) is 0 Å². The summed E-state index contributed by atoms with van der Waals surface area (Å²) in [5.74, 6) is 0.0940. The maximum absolute atomic E-state index is 12.7. The van der Waals surface area contributed by atoms with Crippen LogP contribution in [0.15, 0.2) is 0 Å². The van der Waals surface area contributed by atoms with E-state index in [4.69, 9.17) is 5.73 Å². The zero-order valence-corrected chi connectivity index (χ0v) is 13.4. The van der Waals surface area contributed by atoms with Crippen molar-refractivity contribution < 1.29 is 14.7 Å². The summed E-state index contributed by atoms with van der Waals surface area (Å²) in [5.41, 5.74) is 5.17. The van der Waals surface area contributed by atoms with Gasteiger partial charge in [-0.05, 0) is 32.9 Å². The van der Waals surface area contributed by atoms with Gasteiger partial charge in [0.1, 0.15) is 6.04 Å². The molecule has 0 bridgehead atoms. The van der Waals surface area contributed by atoms with Crippen molar-refractivity contribution >= 4 is 11.9 Å². The average Bonchev–Trinajstić information content (AvgIpc) is 2.66. The number of primary amides is 1. The number of rotatable bonds is 6. The van der Waals surface area contributed by atoms with Crippen LogP contribution in [0, 0.1) is 5.92 Å². The second-order valence-electron chi connectivity index (χ2n) is 6.49. The largest absolute Gasteiger partial charge is 0.391 e. The van der Waals surface area contributed by atoms with Crippen LogP contribution in [0.4, 0.5) is 4.79 Å². The van der Waals surface area contributed by atoms with E-state index in [2.05, 4.69) is 5.32 Å². The van der Waals surface area contributed by atoms with Crippen molar-refractivity contribution in [2.45, 2.75) is 44.9 Å². The Morgan fingerprint density at radius 3 is 2.52 bits per heavy atom. The van der Waals surface area contributed by atoms with Gasteiger partial charge in [0.2, 0.25) is 5.91 Å². The molecule has 3 atom stereocenters. The lowest BCUT2D eigenvalue weighted by Crippen LogP contribution is -2.53. The molecule has 1 heterocycles. The predicted octanol–water partition coefficient (Wildman–Crippen LogP) is -0.407. The molecule has 0 aromatic carbocycles. The lowest BCUT2D eigenvalue weighted by molar-refractivity contribution is -0.135. The van der Waals surface area contributed by atoms with E-state index in [0.717, 1.165) is 0 Å². The van der Waals surface area contributed by atoms with Gasteiger partial charge in [-0.3, -0.25) is 4.79 Å². The van der Waals surface area contributed by atoms with Crippen LogP contribution in [0.5, 0.6) is 0 Å². The molecule has 3 unspecified atom stereocenters. The number of likely N-dealkylation sites (N-methyl/N-ethyl adjacent to an activating group) is 1. The van der Waals surface area contributed by atoms with E-state index in [-0.39, 0.29) is 17.9 Å². The number of amides is 3. The summed E-state index contributed by atoms with van der Waals surface area (Å²) in [6, 6.07) is -1.36. The van der Waals surface area contributed by atoms with Gasteiger partial charge in [-0.15, -0.1) is 0 Å². The Hall–Kier alpha value is -1.34. The summed E-state index contributed by atoms with van der Waals surface area (Å²) in [6.07, 6.45) is 0.588. The number of carbonyl (C=O) groups excluding carboxylic acids is 2. The van der Waals surface area contributed by atoms with Crippen LogP contribution < -0.4 is 11.1 Å². The molecule has 1 rings (SSSR count). The fraction of sp³-hybridized carbons (Fsp3) is 0.857. The summed E-state index contributed by atoms with van der Waals surface area (Å²) in [4.78, 5) is 27.5. The summed E-state index contributed by atoms with van der Waals surface area (Å²) < 4.78 is 0. The van der Waals surface area contributed by atoms with E-state index in [9.17, 15) is 14.7 Å². The van der Waals surface area contributed by atoms with Crippen LogP contribution in [0.3, 0.4) is 0 Å². The van der Waals surface area contributed by atoms with Crippen LogP contribution in [-0.4, -0.2) is 72.2 Å². The molecule has 0 aromatic rings. The highest BCUT2D eigenvalue weighted by Crippen LogP contribution is 2.21. The second-order valence-corrected chi connectivity index (χ2v) is 6.49. The van der Waals surface area contributed by atoms with Crippen LogP contribution in [0.2, 0.25) is 0 Å². The molecule has 0 aromatic heterocycles. The first-order chi connectivity index (χ1) is 9.70. The van der Waals surface area contributed by atoms with Crippen molar-refractivity contribution in [2.75, 3.05) is 27.2 Å². The van der Waals surface area contributed by atoms with Crippen LogP contribution in [0.1, 0.15) is 26.7 Å². The van der Waals surface area contributed by atoms with E-state index in [1.807, 2.05) is 32.8 Å². The van der Waals surface area contributed by atoms with Crippen molar-refractivity contribution in [1.29, 1.82) is 0 Å².